The second kappa shape index (κ2) is 9.31. The Kier molecular flexibility index (Phi) is 6.32. The highest BCUT2D eigenvalue weighted by atomic mass is 35.5. The van der Waals surface area contributed by atoms with Crippen molar-refractivity contribution in [3.63, 3.8) is 0 Å². The number of fused-ring (bicyclic) bond motifs is 1. The van der Waals surface area contributed by atoms with Gasteiger partial charge in [-0.3, -0.25) is 4.79 Å². The minimum absolute atomic E-state index is 0.0467. The van der Waals surface area contributed by atoms with Crippen LogP contribution in [0.4, 0.5) is 10.5 Å². The number of anilines is 1. The number of urea groups is 1. The SMILES string of the molecule is COc1ccc2c(ccn2CC(=O)N2CCCN(C(=O)Nc3cccc(Cl)c3)CC2)c1. The molecule has 3 amide bonds. The standard InChI is InChI=1S/C23H25ClN4O3/c1-31-20-6-7-21-17(14-20)8-11-28(21)16-22(29)26-9-3-10-27(13-12-26)23(30)25-19-5-2-4-18(24)15-19/h2,4-8,11,14-15H,3,9-10,12-13,16H2,1H3,(H,25,30). The number of aromatic nitrogens is 1. The number of nitrogens with one attached hydrogen (secondary N) is 1. The van der Waals surface area contributed by atoms with Gasteiger partial charge in [0.2, 0.25) is 5.91 Å². The summed E-state index contributed by atoms with van der Waals surface area (Å²) < 4.78 is 7.22. The second-order valence-electron chi connectivity index (χ2n) is 7.53. The zero-order valence-corrected chi connectivity index (χ0v) is 18.1. The first-order valence-corrected chi connectivity index (χ1v) is 10.6. The normalized spacial score (nSPS) is 14.4. The van der Waals surface area contributed by atoms with E-state index in [1.54, 1.807) is 36.3 Å². The molecule has 2 aromatic carbocycles. The van der Waals surface area contributed by atoms with Gasteiger partial charge in [0.15, 0.2) is 0 Å². The highest BCUT2D eigenvalue weighted by Crippen LogP contribution is 2.22. The maximum absolute atomic E-state index is 12.9. The molecule has 0 atom stereocenters. The summed E-state index contributed by atoms with van der Waals surface area (Å²) in [6.07, 6.45) is 2.66. The van der Waals surface area contributed by atoms with Crippen LogP contribution in [0.2, 0.25) is 5.02 Å². The van der Waals surface area contributed by atoms with Gasteiger partial charge in [-0.05, 0) is 48.9 Å². The maximum atomic E-state index is 12.9. The van der Waals surface area contributed by atoms with Gasteiger partial charge in [0, 0.05) is 54.0 Å². The Morgan fingerprint density at radius 3 is 2.65 bits per heavy atom. The van der Waals surface area contributed by atoms with Crippen molar-refractivity contribution in [2.45, 2.75) is 13.0 Å². The molecule has 31 heavy (non-hydrogen) atoms. The van der Waals surface area contributed by atoms with Gasteiger partial charge in [-0.15, -0.1) is 0 Å². The van der Waals surface area contributed by atoms with E-state index in [0.717, 1.165) is 23.1 Å². The van der Waals surface area contributed by atoms with Crippen molar-refractivity contribution in [1.82, 2.24) is 14.4 Å². The lowest BCUT2D eigenvalue weighted by Gasteiger charge is -2.23. The van der Waals surface area contributed by atoms with Gasteiger partial charge in [-0.1, -0.05) is 17.7 Å². The van der Waals surface area contributed by atoms with Gasteiger partial charge in [0.05, 0.1) is 7.11 Å². The molecule has 1 aliphatic rings. The molecule has 8 heteroatoms. The molecule has 3 aromatic rings. The van der Waals surface area contributed by atoms with E-state index in [1.807, 2.05) is 39.9 Å². The molecule has 162 valence electrons. The largest absolute Gasteiger partial charge is 0.497 e. The summed E-state index contributed by atoms with van der Waals surface area (Å²) in [7, 11) is 1.64. The molecule has 0 spiro atoms. The molecule has 1 aromatic heterocycles. The summed E-state index contributed by atoms with van der Waals surface area (Å²) in [5.74, 6) is 0.839. The molecule has 0 aliphatic carbocycles. The van der Waals surface area contributed by atoms with Gasteiger partial charge < -0.3 is 24.4 Å². The number of methoxy groups -OCH3 is 1. The molecule has 0 unspecified atom stereocenters. The van der Waals surface area contributed by atoms with Crippen molar-refractivity contribution in [2.24, 2.45) is 0 Å². The molecule has 1 N–H and O–H groups in total. The van der Waals surface area contributed by atoms with E-state index in [-0.39, 0.29) is 18.5 Å². The number of benzene rings is 2. The molecule has 1 aliphatic heterocycles. The lowest BCUT2D eigenvalue weighted by molar-refractivity contribution is -0.131. The highest BCUT2D eigenvalue weighted by Gasteiger charge is 2.22. The predicted octanol–water partition coefficient (Wildman–Crippen LogP) is 4.07. The number of halogens is 1. The van der Waals surface area contributed by atoms with Gasteiger partial charge in [-0.2, -0.15) is 0 Å². The molecule has 0 radical (unpaired) electrons. The van der Waals surface area contributed by atoms with Crippen molar-refractivity contribution in [1.29, 1.82) is 0 Å². The smallest absolute Gasteiger partial charge is 0.321 e. The Hall–Kier alpha value is -3.19. The van der Waals surface area contributed by atoms with Crippen molar-refractivity contribution in [3.8, 4) is 5.75 Å². The van der Waals surface area contributed by atoms with E-state index in [2.05, 4.69) is 5.32 Å². The van der Waals surface area contributed by atoms with E-state index in [0.29, 0.717) is 36.9 Å². The molecule has 0 bridgehead atoms. The van der Waals surface area contributed by atoms with Crippen LogP contribution in [-0.4, -0.2) is 59.6 Å². The third kappa shape index (κ3) is 4.94. The zero-order chi connectivity index (χ0) is 21.8. The molecule has 7 nitrogen and oxygen atoms in total. The van der Waals surface area contributed by atoms with Crippen molar-refractivity contribution in [3.05, 3.63) is 59.8 Å². The first kappa shape index (κ1) is 21.1. The molecule has 0 saturated carbocycles. The van der Waals surface area contributed by atoms with Gasteiger partial charge in [0.25, 0.3) is 0 Å². The molecule has 1 saturated heterocycles. The third-order valence-corrected chi connectivity index (χ3v) is 5.73. The Morgan fingerprint density at radius 1 is 1.03 bits per heavy atom. The summed E-state index contributed by atoms with van der Waals surface area (Å²) >= 11 is 5.99. The Bertz CT molecular complexity index is 1100. The minimum atomic E-state index is -0.179. The first-order chi connectivity index (χ1) is 15.0. The average Bonchev–Trinajstić information content (AvgIpc) is 2.98. The van der Waals surface area contributed by atoms with Gasteiger partial charge in [-0.25, -0.2) is 4.79 Å². The van der Waals surface area contributed by atoms with Crippen LogP contribution in [-0.2, 0) is 11.3 Å². The van der Waals surface area contributed by atoms with E-state index >= 15 is 0 Å². The van der Waals surface area contributed by atoms with Crippen LogP contribution in [0.3, 0.4) is 0 Å². The van der Waals surface area contributed by atoms with Crippen LogP contribution < -0.4 is 10.1 Å². The van der Waals surface area contributed by atoms with E-state index in [1.165, 1.54) is 0 Å². The van der Waals surface area contributed by atoms with Crippen molar-refractivity contribution in [2.75, 3.05) is 38.6 Å². The molecule has 4 rings (SSSR count). The van der Waals surface area contributed by atoms with Crippen LogP contribution in [0.5, 0.6) is 5.75 Å². The summed E-state index contributed by atoms with van der Waals surface area (Å²) in [6, 6.07) is 14.7. The van der Waals surface area contributed by atoms with Gasteiger partial charge in [0.1, 0.15) is 12.3 Å². The Morgan fingerprint density at radius 2 is 1.84 bits per heavy atom. The Labute approximate surface area is 186 Å². The summed E-state index contributed by atoms with van der Waals surface area (Å²) in [5.41, 5.74) is 1.65. The number of carbonyl (C=O) groups excluding carboxylic acids is 2. The predicted molar refractivity (Wildman–Crippen MR) is 122 cm³/mol. The summed E-state index contributed by atoms with van der Waals surface area (Å²) in [6.45, 7) is 2.50. The summed E-state index contributed by atoms with van der Waals surface area (Å²) in [4.78, 5) is 29.1. The van der Waals surface area contributed by atoms with Crippen molar-refractivity contribution >= 4 is 40.1 Å². The molecular formula is C23H25ClN4O3. The van der Waals surface area contributed by atoms with Crippen LogP contribution in [0.1, 0.15) is 6.42 Å². The van der Waals surface area contributed by atoms with E-state index < -0.39 is 0 Å². The fraction of sp³-hybridized carbons (Fsp3) is 0.304. The van der Waals surface area contributed by atoms with Crippen LogP contribution >= 0.6 is 11.6 Å². The number of ether oxygens (including phenoxy) is 1. The Balaban J connectivity index is 1.36. The molecule has 1 fully saturated rings. The number of amides is 3. The van der Waals surface area contributed by atoms with Crippen LogP contribution in [0, 0.1) is 0 Å². The first-order valence-electron chi connectivity index (χ1n) is 10.3. The van der Waals surface area contributed by atoms with Crippen molar-refractivity contribution < 1.29 is 14.3 Å². The fourth-order valence-electron chi connectivity index (χ4n) is 3.83. The number of nitrogens with zero attached hydrogens (tertiary/aromatic N) is 3. The van der Waals surface area contributed by atoms with E-state index in [9.17, 15) is 9.59 Å². The second-order valence-corrected chi connectivity index (χ2v) is 7.97. The number of carbonyl (C=O) groups is 2. The minimum Gasteiger partial charge on any atom is -0.497 e. The highest BCUT2D eigenvalue weighted by molar-refractivity contribution is 6.30. The van der Waals surface area contributed by atoms with Crippen LogP contribution in [0.25, 0.3) is 10.9 Å². The maximum Gasteiger partial charge on any atom is 0.321 e. The van der Waals surface area contributed by atoms with Crippen LogP contribution in [0.15, 0.2) is 54.7 Å². The number of hydrogen-bond acceptors (Lipinski definition) is 3. The lowest BCUT2D eigenvalue weighted by Crippen LogP contribution is -2.40. The summed E-state index contributed by atoms with van der Waals surface area (Å²) in [5, 5.41) is 4.48. The van der Waals surface area contributed by atoms with E-state index in [4.69, 9.17) is 16.3 Å². The molecule has 2 heterocycles. The topological polar surface area (TPSA) is 66.8 Å². The quantitative estimate of drug-likeness (QED) is 0.665. The number of hydrogen-bond donors (Lipinski definition) is 1. The fourth-order valence-corrected chi connectivity index (χ4v) is 4.02. The van der Waals surface area contributed by atoms with Gasteiger partial charge >= 0.3 is 6.03 Å². The lowest BCUT2D eigenvalue weighted by atomic mass is 10.2. The monoisotopic (exact) mass is 440 g/mol. The average molecular weight is 441 g/mol. The third-order valence-electron chi connectivity index (χ3n) is 5.50. The number of rotatable bonds is 4. The zero-order valence-electron chi connectivity index (χ0n) is 17.4. The molecular weight excluding hydrogens is 416 g/mol.